The first-order valence-electron chi connectivity index (χ1n) is 7.36. The first kappa shape index (κ1) is 13.2. The van der Waals surface area contributed by atoms with Crippen LogP contribution in [-0.4, -0.2) is 16.7 Å². The summed E-state index contributed by atoms with van der Waals surface area (Å²) in [5, 5.41) is 4.11. The summed E-state index contributed by atoms with van der Waals surface area (Å²) in [6, 6.07) is 8.60. The Bertz CT molecular complexity index is 577. The van der Waals surface area contributed by atoms with Gasteiger partial charge in [0.2, 0.25) is 5.89 Å². The van der Waals surface area contributed by atoms with Crippen LogP contribution in [0.2, 0.25) is 0 Å². The minimum absolute atomic E-state index is 0.541. The number of anilines is 1. The average Bonchev–Trinajstić information content (AvgIpc) is 2.86. The summed E-state index contributed by atoms with van der Waals surface area (Å²) in [6.45, 7) is 6.11. The molecule has 0 N–H and O–H groups in total. The fourth-order valence-electron chi connectivity index (χ4n) is 2.73. The van der Waals surface area contributed by atoms with Crippen molar-refractivity contribution in [3.63, 3.8) is 0 Å². The van der Waals surface area contributed by atoms with Crippen molar-refractivity contribution in [2.45, 2.75) is 39.7 Å². The zero-order valence-corrected chi connectivity index (χ0v) is 12.2. The Morgan fingerprint density at radius 3 is 3.00 bits per heavy atom. The molecule has 3 rings (SSSR count). The molecular weight excluding hydrogens is 250 g/mol. The molecule has 1 aromatic heterocycles. The van der Waals surface area contributed by atoms with Crippen molar-refractivity contribution < 1.29 is 4.52 Å². The maximum absolute atomic E-state index is 5.32. The zero-order valence-electron chi connectivity index (χ0n) is 12.2. The third-order valence-corrected chi connectivity index (χ3v) is 3.63. The molecule has 4 heteroatoms. The molecule has 0 unspecified atom stereocenters. The third kappa shape index (κ3) is 2.84. The van der Waals surface area contributed by atoms with Gasteiger partial charge < -0.3 is 9.42 Å². The summed E-state index contributed by atoms with van der Waals surface area (Å²) in [5.41, 5.74) is 2.73. The fourth-order valence-corrected chi connectivity index (χ4v) is 2.73. The molecule has 4 nitrogen and oxygen atoms in total. The van der Waals surface area contributed by atoms with Crippen molar-refractivity contribution >= 4 is 5.69 Å². The van der Waals surface area contributed by atoms with E-state index in [2.05, 4.69) is 53.2 Å². The maximum Gasteiger partial charge on any atom is 0.226 e. The molecule has 1 aliphatic heterocycles. The number of rotatable bonds is 4. The molecule has 1 aliphatic rings. The van der Waals surface area contributed by atoms with Crippen LogP contribution in [0.1, 0.15) is 37.5 Å². The van der Waals surface area contributed by atoms with Gasteiger partial charge in [-0.2, -0.15) is 4.98 Å². The van der Waals surface area contributed by atoms with Crippen LogP contribution in [0.3, 0.4) is 0 Å². The Morgan fingerprint density at radius 1 is 1.30 bits per heavy atom. The zero-order chi connectivity index (χ0) is 13.9. The molecule has 1 aromatic carbocycles. The summed E-state index contributed by atoms with van der Waals surface area (Å²) in [4.78, 5) is 6.85. The molecule has 0 saturated carbocycles. The highest BCUT2D eigenvalue weighted by Gasteiger charge is 2.18. The lowest BCUT2D eigenvalue weighted by Gasteiger charge is -2.30. The van der Waals surface area contributed by atoms with E-state index in [1.165, 1.54) is 17.7 Å². The fraction of sp³-hybridized carbons (Fsp3) is 0.500. The SMILES string of the molecule is CC(C)Cc1nc(CN2CCCc3ccccc32)no1. The summed E-state index contributed by atoms with van der Waals surface area (Å²) in [7, 11) is 0. The topological polar surface area (TPSA) is 42.2 Å². The molecule has 0 atom stereocenters. The lowest BCUT2D eigenvalue weighted by molar-refractivity contribution is 0.358. The highest BCUT2D eigenvalue weighted by molar-refractivity contribution is 5.55. The van der Waals surface area contributed by atoms with Crippen molar-refractivity contribution in [2.24, 2.45) is 5.92 Å². The minimum atomic E-state index is 0.541. The average molecular weight is 271 g/mol. The largest absolute Gasteiger partial charge is 0.364 e. The van der Waals surface area contributed by atoms with E-state index >= 15 is 0 Å². The standard InChI is InChI=1S/C16H21N3O/c1-12(2)10-16-17-15(18-20-16)11-19-9-5-7-13-6-3-4-8-14(13)19/h3-4,6,8,12H,5,7,9-11H2,1-2H3. The molecule has 2 heterocycles. The highest BCUT2D eigenvalue weighted by Crippen LogP contribution is 2.27. The number of nitrogens with zero attached hydrogens (tertiary/aromatic N) is 3. The first-order valence-corrected chi connectivity index (χ1v) is 7.36. The van der Waals surface area contributed by atoms with Crippen LogP contribution >= 0.6 is 0 Å². The van der Waals surface area contributed by atoms with Gasteiger partial charge in [-0.05, 0) is 30.4 Å². The number of aryl methyl sites for hydroxylation is 1. The normalized spacial score (nSPS) is 14.7. The summed E-state index contributed by atoms with van der Waals surface area (Å²) in [5.74, 6) is 2.08. The van der Waals surface area contributed by atoms with E-state index in [9.17, 15) is 0 Å². The Morgan fingerprint density at radius 2 is 2.15 bits per heavy atom. The van der Waals surface area contributed by atoms with Crippen molar-refractivity contribution in [1.29, 1.82) is 0 Å². The molecule has 0 fully saturated rings. The summed E-state index contributed by atoms with van der Waals surface area (Å²) < 4.78 is 5.32. The van der Waals surface area contributed by atoms with E-state index in [0.29, 0.717) is 5.92 Å². The number of fused-ring (bicyclic) bond motifs is 1. The van der Waals surface area contributed by atoms with Gasteiger partial charge in [0.15, 0.2) is 5.82 Å². The van der Waals surface area contributed by atoms with Crippen LogP contribution in [0.4, 0.5) is 5.69 Å². The predicted octanol–water partition coefficient (Wildman–Crippen LogP) is 3.22. The van der Waals surface area contributed by atoms with Gasteiger partial charge in [0.1, 0.15) is 0 Å². The second-order valence-electron chi connectivity index (χ2n) is 5.86. The van der Waals surface area contributed by atoms with Crippen molar-refractivity contribution in [2.75, 3.05) is 11.4 Å². The van der Waals surface area contributed by atoms with Gasteiger partial charge in [-0.1, -0.05) is 37.2 Å². The second kappa shape index (κ2) is 5.65. The highest BCUT2D eigenvalue weighted by atomic mass is 16.5. The van der Waals surface area contributed by atoms with E-state index in [0.717, 1.165) is 37.6 Å². The Hall–Kier alpha value is -1.84. The Labute approximate surface area is 119 Å². The van der Waals surface area contributed by atoms with Gasteiger partial charge in [0.05, 0.1) is 6.54 Å². The van der Waals surface area contributed by atoms with E-state index < -0.39 is 0 Å². The van der Waals surface area contributed by atoms with Crippen LogP contribution in [0.25, 0.3) is 0 Å². The Balaban J connectivity index is 1.74. The maximum atomic E-state index is 5.32. The number of para-hydroxylation sites is 1. The van der Waals surface area contributed by atoms with Gasteiger partial charge in [0, 0.05) is 18.7 Å². The van der Waals surface area contributed by atoms with Crippen LogP contribution in [0, 0.1) is 5.92 Å². The lowest BCUT2D eigenvalue weighted by Crippen LogP contribution is -2.29. The quantitative estimate of drug-likeness (QED) is 0.856. The number of aromatic nitrogens is 2. The number of hydrogen-bond acceptors (Lipinski definition) is 4. The van der Waals surface area contributed by atoms with Gasteiger partial charge >= 0.3 is 0 Å². The van der Waals surface area contributed by atoms with Crippen molar-refractivity contribution in [3.8, 4) is 0 Å². The predicted molar refractivity (Wildman–Crippen MR) is 78.7 cm³/mol. The molecule has 20 heavy (non-hydrogen) atoms. The lowest BCUT2D eigenvalue weighted by atomic mass is 10.0. The van der Waals surface area contributed by atoms with Gasteiger partial charge in [-0.3, -0.25) is 0 Å². The van der Waals surface area contributed by atoms with Gasteiger partial charge in [-0.15, -0.1) is 0 Å². The van der Waals surface area contributed by atoms with Crippen LogP contribution in [0.5, 0.6) is 0 Å². The smallest absolute Gasteiger partial charge is 0.226 e. The molecule has 0 bridgehead atoms. The molecule has 0 radical (unpaired) electrons. The van der Waals surface area contributed by atoms with Gasteiger partial charge in [0.25, 0.3) is 0 Å². The monoisotopic (exact) mass is 271 g/mol. The number of benzene rings is 1. The van der Waals surface area contributed by atoms with Crippen LogP contribution < -0.4 is 4.90 Å². The molecule has 106 valence electrons. The third-order valence-electron chi connectivity index (χ3n) is 3.63. The summed E-state index contributed by atoms with van der Waals surface area (Å²) in [6.07, 6.45) is 3.20. The molecule has 0 aliphatic carbocycles. The minimum Gasteiger partial charge on any atom is -0.364 e. The molecule has 0 spiro atoms. The van der Waals surface area contributed by atoms with E-state index in [-0.39, 0.29) is 0 Å². The van der Waals surface area contributed by atoms with E-state index in [1.807, 2.05) is 0 Å². The number of hydrogen-bond donors (Lipinski definition) is 0. The first-order chi connectivity index (χ1) is 9.72. The van der Waals surface area contributed by atoms with Crippen LogP contribution in [0.15, 0.2) is 28.8 Å². The molecular formula is C16H21N3O. The summed E-state index contributed by atoms with van der Waals surface area (Å²) >= 11 is 0. The van der Waals surface area contributed by atoms with Crippen molar-refractivity contribution in [3.05, 3.63) is 41.5 Å². The molecule has 0 amide bonds. The van der Waals surface area contributed by atoms with E-state index in [1.54, 1.807) is 0 Å². The van der Waals surface area contributed by atoms with E-state index in [4.69, 9.17) is 4.52 Å². The van der Waals surface area contributed by atoms with Crippen molar-refractivity contribution in [1.82, 2.24) is 10.1 Å². The molecule has 2 aromatic rings. The van der Waals surface area contributed by atoms with Gasteiger partial charge in [-0.25, -0.2) is 0 Å². The molecule has 0 saturated heterocycles. The second-order valence-corrected chi connectivity index (χ2v) is 5.86. The van der Waals surface area contributed by atoms with Crippen LogP contribution in [-0.2, 0) is 19.4 Å². The Kier molecular flexibility index (Phi) is 3.72.